The van der Waals surface area contributed by atoms with E-state index < -0.39 is 12.2 Å². The second-order valence-corrected chi connectivity index (χ2v) is 3.73. The highest BCUT2D eigenvalue weighted by molar-refractivity contribution is 5.18. The third kappa shape index (κ3) is 0.932. The molecule has 2 nitrogen and oxygen atoms in total. The van der Waals surface area contributed by atoms with Crippen LogP contribution in [-0.2, 0) is 0 Å². The van der Waals surface area contributed by atoms with Crippen molar-refractivity contribution in [2.75, 3.05) is 0 Å². The maximum atomic E-state index is 9.64. The van der Waals surface area contributed by atoms with Crippen LogP contribution in [0.5, 0.6) is 0 Å². The molecule has 0 heterocycles. The molecular weight excluding hydrogens is 140 g/mol. The van der Waals surface area contributed by atoms with Crippen LogP contribution in [0.2, 0.25) is 0 Å². The molecule has 2 aliphatic carbocycles. The van der Waals surface area contributed by atoms with Crippen molar-refractivity contribution in [3.63, 3.8) is 0 Å². The summed E-state index contributed by atoms with van der Waals surface area (Å²) in [7, 11) is 0. The topological polar surface area (TPSA) is 40.5 Å². The molecule has 1 saturated carbocycles. The minimum Gasteiger partial charge on any atom is -0.389 e. The summed E-state index contributed by atoms with van der Waals surface area (Å²) < 4.78 is 0. The average molecular weight is 154 g/mol. The molecule has 0 aliphatic heterocycles. The van der Waals surface area contributed by atoms with Crippen molar-refractivity contribution in [1.29, 1.82) is 0 Å². The Balaban J connectivity index is 2.20. The van der Waals surface area contributed by atoms with Crippen LogP contribution in [0, 0.1) is 5.41 Å². The first-order valence-electron chi connectivity index (χ1n) is 4.30. The van der Waals surface area contributed by atoms with Gasteiger partial charge in [0.25, 0.3) is 0 Å². The van der Waals surface area contributed by atoms with Crippen molar-refractivity contribution < 1.29 is 10.2 Å². The monoisotopic (exact) mass is 154 g/mol. The highest BCUT2D eigenvalue weighted by atomic mass is 16.3. The summed E-state index contributed by atoms with van der Waals surface area (Å²) in [5.74, 6) is 0. The second-order valence-electron chi connectivity index (χ2n) is 3.73. The van der Waals surface area contributed by atoms with Gasteiger partial charge in [-0.25, -0.2) is 0 Å². The summed E-state index contributed by atoms with van der Waals surface area (Å²) in [5.41, 5.74) is -0.0561. The zero-order valence-electron chi connectivity index (χ0n) is 6.53. The largest absolute Gasteiger partial charge is 0.389 e. The fraction of sp³-hybridized carbons (Fsp3) is 0.778. The summed E-state index contributed by atoms with van der Waals surface area (Å²) in [6, 6.07) is 0. The molecule has 11 heavy (non-hydrogen) atoms. The van der Waals surface area contributed by atoms with Crippen molar-refractivity contribution in [3.05, 3.63) is 12.2 Å². The van der Waals surface area contributed by atoms with Gasteiger partial charge in [-0.2, -0.15) is 0 Å². The lowest BCUT2D eigenvalue weighted by molar-refractivity contribution is -0.00679. The second kappa shape index (κ2) is 2.32. The van der Waals surface area contributed by atoms with Gasteiger partial charge in [0.2, 0.25) is 0 Å². The molecule has 2 rings (SSSR count). The van der Waals surface area contributed by atoms with E-state index in [0.29, 0.717) is 0 Å². The molecular formula is C9H14O2. The van der Waals surface area contributed by atoms with E-state index >= 15 is 0 Å². The Bertz CT molecular complexity index is 180. The maximum Gasteiger partial charge on any atom is 0.0988 e. The first-order chi connectivity index (χ1) is 5.25. The Labute approximate surface area is 66.5 Å². The molecule has 2 unspecified atom stereocenters. The average Bonchev–Trinajstić information content (AvgIpc) is 2.56. The van der Waals surface area contributed by atoms with Gasteiger partial charge in [-0.1, -0.05) is 25.0 Å². The maximum absolute atomic E-state index is 9.64. The highest BCUT2D eigenvalue weighted by Gasteiger charge is 2.44. The van der Waals surface area contributed by atoms with Gasteiger partial charge < -0.3 is 10.2 Å². The molecule has 0 amide bonds. The fourth-order valence-electron chi connectivity index (χ4n) is 2.33. The molecule has 0 saturated heterocycles. The number of aliphatic hydroxyl groups is 2. The Hall–Kier alpha value is -0.340. The van der Waals surface area contributed by atoms with E-state index in [0.717, 1.165) is 12.8 Å². The van der Waals surface area contributed by atoms with Crippen LogP contribution < -0.4 is 0 Å². The van der Waals surface area contributed by atoms with Crippen molar-refractivity contribution in [1.82, 2.24) is 0 Å². The van der Waals surface area contributed by atoms with E-state index in [1.54, 1.807) is 6.08 Å². The van der Waals surface area contributed by atoms with Crippen LogP contribution in [0.1, 0.15) is 25.7 Å². The highest BCUT2D eigenvalue weighted by Crippen LogP contribution is 2.46. The van der Waals surface area contributed by atoms with Gasteiger partial charge in [0.05, 0.1) is 12.2 Å². The smallest absolute Gasteiger partial charge is 0.0988 e. The molecule has 0 radical (unpaired) electrons. The number of aliphatic hydroxyl groups excluding tert-OH is 2. The quantitative estimate of drug-likeness (QED) is 0.507. The van der Waals surface area contributed by atoms with E-state index in [2.05, 4.69) is 0 Å². The minimum atomic E-state index is -0.618. The van der Waals surface area contributed by atoms with Crippen molar-refractivity contribution >= 4 is 0 Å². The molecule has 2 N–H and O–H groups in total. The lowest BCUT2D eigenvalue weighted by Gasteiger charge is -2.27. The first-order valence-corrected chi connectivity index (χ1v) is 4.30. The minimum absolute atomic E-state index is 0.0561. The fourth-order valence-corrected chi connectivity index (χ4v) is 2.33. The van der Waals surface area contributed by atoms with Crippen LogP contribution in [0.25, 0.3) is 0 Å². The molecule has 62 valence electrons. The summed E-state index contributed by atoms with van der Waals surface area (Å²) in [6.45, 7) is 0. The molecule has 1 fully saturated rings. The van der Waals surface area contributed by atoms with E-state index in [4.69, 9.17) is 0 Å². The molecule has 0 aromatic rings. The van der Waals surface area contributed by atoms with Crippen LogP contribution in [0.15, 0.2) is 12.2 Å². The van der Waals surface area contributed by atoms with Gasteiger partial charge in [0, 0.05) is 5.41 Å². The first kappa shape index (κ1) is 7.32. The van der Waals surface area contributed by atoms with Crippen LogP contribution in [0.4, 0.5) is 0 Å². The molecule has 0 aromatic heterocycles. The van der Waals surface area contributed by atoms with Gasteiger partial charge in [-0.05, 0) is 12.8 Å². The summed E-state index contributed by atoms with van der Waals surface area (Å²) in [6.07, 6.45) is 7.05. The third-order valence-electron chi connectivity index (χ3n) is 3.07. The third-order valence-corrected chi connectivity index (χ3v) is 3.07. The van der Waals surface area contributed by atoms with Crippen LogP contribution in [0.3, 0.4) is 0 Å². The van der Waals surface area contributed by atoms with Crippen molar-refractivity contribution in [2.24, 2.45) is 5.41 Å². The Morgan fingerprint density at radius 3 is 2.27 bits per heavy atom. The summed E-state index contributed by atoms with van der Waals surface area (Å²) >= 11 is 0. The predicted octanol–water partition coefficient (Wildman–Crippen LogP) is 0.838. The molecule has 2 heteroatoms. The predicted molar refractivity (Wildman–Crippen MR) is 42.1 cm³/mol. The summed E-state index contributed by atoms with van der Waals surface area (Å²) in [4.78, 5) is 0. The Kier molecular flexibility index (Phi) is 1.55. The molecule has 0 bridgehead atoms. The van der Waals surface area contributed by atoms with Crippen molar-refractivity contribution in [3.8, 4) is 0 Å². The Morgan fingerprint density at radius 2 is 1.82 bits per heavy atom. The number of hydrogen-bond acceptors (Lipinski definition) is 2. The molecule has 1 spiro atoms. The lowest BCUT2D eigenvalue weighted by Crippen LogP contribution is -2.34. The van der Waals surface area contributed by atoms with Gasteiger partial charge in [0.15, 0.2) is 0 Å². The van der Waals surface area contributed by atoms with Gasteiger partial charge in [-0.15, -0.1) is 0 Å². The number of rotatable bonds is 0. The Morgan fingerprint density at radius 1 is 1.18 bits per heavy atom. The van der Waals surface area contributed by atoms with E-state index in [1.165, 1.54) is 12.8 Å². The van der Waals surface area contributed by atoms with Gasteiger partial charge >= 0.3 is 0 Å². The van der Waals surface area contributed by atoms with Gasteiger partial charge in [-0.3, -0.25) is 0 Å². The van der Waals surface area contributed by atoms with E-state index in [1.807, 2.05) is 6.08 Å². The van der Waals surface area contributed by atoms with Crippen LogP contribution in [-0.4, -0.2) is 22.4 Å². The lowest BCUT2D eigenvalue weighted by atomic mass is 9.83. The SMILES string of the molecule is OC1C=CC2(CCCC2)C1O. The van der Waals surface area contributed by atoms with Gasteiger partial charge in [0.1, 0.15) is 0 Å². The van der Waals surface area contributed by atoms with E-state index in [9.17, 15) is 10.2 Å². The zero-order chi connectivity index (χ0) is 7.90. The molecule has 2 atom stereocenters. The zero-order valence-corrected chi connectivity index (χ0v) is 6.53. The molecule has 0 aromatic carbocycles. The standard InChI is InChI=1S/C9H14O2/c10-7-3-6-9(8(7)11)4-1-2-5-9/h3,6-8,10-11H,1-2,4-5H2. The van der Waals surface area contributed by atoms with Crippen LogP contribution >= 0.6 is 0 Å². The molecule has 2 aliphatic rings. The number of hydrogen-bond donors (Lipinski definition) is 2. The van der Waals surface area contributed by atoms with Crippen molar-refractivity contribution in [2.45, 2.75) is 37.9 Å². The normalized spacial score (nSPS) is 40.5. The summed E-state index contributed by atoms with van der Waals surface area (Å²) in [5, 5.41) is 18.9. The van der Waals surface area contributed by atoms with E-state index in [-0.39, 0.29) is 5.41 Å².